The molecule has 0 saturated heterocycles. The Labute approximate surface area is 145 Å². The van der Waals surface area contributed by atoms with Crippen molar-refractivity contribution < 1.29 is 19.5 Å². The van der Waals surface area contributed by atoms with E-state index in [1.807, 2.05) is 0 Å². The van der Waals surface area contributed by atoms with Gasteiger partial charge in [-0.3, -0.25) is 14.4 Å². The lowest BCUT2D eigenvalue weighted by molar-refractivity contribution is -0.136. The van der Waals surface area contributed by atoms with Gasteiger partial charge in [0.25, 0.3) is 5.91 Å². The van der Waals surface area contributed by atoms with Crippen molar-refractivity contribution in [1.82, 2.24) is 0 Å². The summed E-state index contributed by atoms with van der Waals surface area (Å²) in [5, 5.41) is 11.6. The van der Waals surface area contributed by atoms with E-state index in [4.69, 9.17) is 5.11 Å². The van der Waals surface area contributed by atoms with Crippen molar-refractivity contribution in [2.24, 2.45) is 0 Å². The predicted molar refractivity (Wildman–Crippen MR) is 93.9 cm³/mol. The number of carbonyl (C=O) groups excluding carboxylic acids is 2. The van der Waals surface area contributed by atoms with E-state index in [1.54, 1.807) is 54.4 Å². The largest absolute Gasteiger partial charge is 0.481 e. The number of rotatable bonds is 4. The second-order valence-electron chi connectivity index (χ2n) is 6.02. The number of anilines is 2. The summed E-state index contributed by atoms with van der Waals surface area (Å²) < 4.78 is 0. The van der Waals surface area contributed by atoms with Crippen molar-refractivity contribution in [2.75, 3.05) is 17.3 Å². The van der Waals surface area contributed by atoms with E-state index in [0.29, 0.717) is 29.7 Å². The van der Waals surface area contributed by atoms with Crippen LogP contribution in [0, 0.1) is 0 Å². The number of aliphatic carboxylic acids is 1. The van der Waals surface area contributed by atoms with Crippen LogP contribution in [0.25, 0.3) is 0 Å². The molecule has 0 radical (unpaired) electrons. The predicted octanol–water partition coefficient (Wildman–Crippen LogP) is 2.48. The van der Waals surface area contributed by atoms with E-state index in [2.05, 4.69) is 5.32 Å². The van der Waals surface area contributed by atoms with Gasteiger partial charge in [0, 0.05) is 30.4 Å². The molecule has 6 nitrogen and oxygen atoms in total. The fourth-order valence-electron chi connectivity index (χ4n) is 2.93. The van der Waals surface area contributed by atoms with Gasteiger partial charge in [-0.2, -0.15) is 0 Å². The molecule has 2 N–H and O–H groups in total. The number of amides is 2. The first kappa shape index (κ1) is 16.7. The molecular weight excluding hydrogens is 320 g/mol. The minimum atomic E-state index is -0.920. The highest BCUT2D eigenvalue weighted by Gasteiger charge is 2.21. The summed E-state index contributed by atoms with van der Waals surface area (Å²) in [5.74, 6) is -1.12. The third kappa shape index (κ3) is 3.68. The van der Waals surface area contributed by atoms with Gasteiger partial charge in [-0.05, 0) is 47.9 Å². The Hall–Kier alpha value is -3.15. The smallest absolute Gasteiger partial charge is 0.307 e. The molecule has 1 aliphatic rings. The number of aryl methyl sites for hydroxylation is 1. The summed E-state index contributed by atoms with van der Waals surface area (Å²) in [5.41, 5.74) is 3.47. The minimum absolute atomic E-state index is 0.0694. The fraction of sp³-hybridized carbons (Fsp3) is 0.211. The van der Waals surface area contributed by atoms with Crippen LogP contribution in [-0.4, -0.2) is 29.9 Å². The molecule has 0 spiro atoms. The van der Waals surface area contributed by atoms with E-state index < -0.39 is 5.97 Å². The molecule has 2 amide bonds. The molecule has 128 valence electrons. The Morgan fingerprint density at radius 1 is 1.16 bits per heavy atom. The number of benzene rings is 2. The van der Waals surface area contributed by atoms with Crippen molar-refractivity contribution in [2.45, 2.75) is 19.3 Å². The molecule has 0 aliphatic carbocycles. The van der Waals surface area contributed by atoms with Gasteiger partial charge in [-0.25, -0.2) is 0 Å². The number of carbonyl (C=O) groups is 3. The van der Waals surface area contributed by atoms with Gasteiger partial charge < -0.3 is 15.3 Å². The van der Waals surface area contributed by atoms with E-state index in [0.717, 1.165) is 11.3 Å². The number of hydrogen-bond acceptors (Lipinski definition) is 3. The van der Waals surface area contributed by atoms with Gasteiger partial charge in [0.1, 0.15) is 0 Å². The first-order valence-corrected chi connectivity index (χ1v) is 7.95. The quantitative estimate of drug-likeness (QED) is 0.896. The standard InChI is InChI=1S/C19H18N2O4/c1-21-16-7-5-14(11-13(16)6-8-17(21)22)19(25)20-15-4-2-3-12(9-15)10-18(23)24/h2-5,7,9,11H,6,8,10H2,1H3,(H,20,25)(H,23,24). The summed E-state index contributed by atoms with van der Waals surface area (Å²) in [7, 11) is 1.73. The third-order valence-corrected chi connectivity index (χ3v) is 4.23. The molecule has 2 aromatic carbocycles. The second-order valence-corrected chi connectivity index (χ2v) is 6.02. The highest BCUT2D eigenvalue weighted by atomic mass is 16.4. The van der Waals surface area contributed by atoms with Gasteiger partial charge >= 0.3 is 5.97 Å². The summed E-state index contributed by atoms with van der Waals surface area (Å²) in [6.45, 7) is 0. The average Bonchev–Trinajstić information content (AvgIpc) is 2.57. The van der Waals surface area contributed by atoms with Crippen LogP contribution in [0.4, 0.5) is 11.4 Å². The lowest BCUT2D eigenvalue weighted by Crippen LogP contribution is -2.31. The zero-order valence-electron chi connectivity index (χ0n) is 13.8. The van der Waals surface area contributed by atoms with Gasteiger partial charge in [0.15, 0.2) is 0 Å². The molecule has 0 bridgehead atoms. The number of carboxylic acid groups (broad SMARTS) is 1. The maximum Gasteiger partial charge on any atom is 0.307 e. The molecule has 1 heterocycles. The molecule has 25 heavy (non-hydrogen) atoms. The zero-order chi connectivity index (χ0) is 18.0. The fourth-order valence-corrected chi connectivity index (χ4v) is 2.93. The Bertz CT molecular complexity index is 860. The topological polar surface area (TPSA) is 86.7 Å². The zero-order valence-corrected chi connectivity index (χ0v) is 13.8. The van der Waals surface area contributed by atoms with Gasteiger partial charge in [-0.1, -0.05) is 12.1 Å². The number of hydrogen-bond donors (Lipinski definition) is 2. The SMILES string of the molecule is CN1C(=O)CCc2cc(C(=O)Nc3cccc(CC(=O)O)c3)ccc21. The molecule has 6 heteroatoms. The molecular formula is C19H18N2O4. The number of carboxylic acids is 1. The van der Waals surface area contributed by atoms with E-state index >= 15 is 0 Å². The van der Waals surface area contributed by atoms with E-state index in [1.165, 1.54) is 0 Å². The van der Waals surface area contributed by atoms with Crippen LogP contribution in [0.2, 0.25) is 0 Å². The van der Waals surface area contributed by atoms with Crippen LogP contribution in [0.15, 0.2) is 42.5 Å². The van der Waals surface area contributed by atoms with Gasteiger partial charge in [0.2, 0.25) is 5.91 Å². The molecule has 2 aromatic rings. The third-order valence-electron chi connectivity index (χ3n) is 4.23. The van der Waals surface area contributed by atoms with Crippen LogP contribution in [0.1, 0.15) is 27.9 Å². The molecule has 3 rings (SSSR count). The maximum absolute atomic E-state index is 12.5. The Balaban J connectivity index is 1.78. The Morgan fingerprint density at radius 2 is 1.96 bits per heavy atom. The molecule has 0 aromatic heterocycles. The van der Waals surface area contributed by atoms with E-state index in [9.17, 15) is 14.4 Å². The molecule has 0 atom stereocenters. The number of nitrogens with one attached hydrogen (secondary N) is 1. The highest BCUT2D eigenvalue weighted by molar-refractivity contribution is 6.05. The van der Waals surface area contributed by atoms with E-state index in [-0.39, 0.29) is 18.2 Å². The molecule has 1 aliphatic heterocycles. The van der Waals surface area contributed by atoms with Crippen molar-refractivity contribution in [3.63, 3.8) is 0 Å². The van der Waals surface area contributed by atoms with Crippen LogP contribution < -0.4 is 10.2 Å². The first-order chi connectivity index (χ1) is 11.9. The first-order valence-electron chi connectivity index (χ1n) is 7.95. The summed E-state index contributed by atoms with van der Waals surface area (Å²) in [6, 6.07) is 12.0. The summed E-state index contributed by atoms with van der Waals surface area (Å²) in [4.78, 5) is 36.6. The second kappa shape index (κ2) is 6.76. The van der Waals surface area contributed by atoms with Crippen molar-refractivity contribution in [3.05, 3.63) is 59.2 Å². The Morgan fingerprint density at radius 3 is 2.72 bits per heavy atom. The van der Waals surface area contributed by atoms with Crippen molar-refractivity contribution in [3.8, 4) is 0 Å². The van der Waals surface area contributed by atoms with Gasteiger partial charge in [-0.15, -0.1) is 0 Å². The molecule has 0 fully saturated rings. The normalized spacial score (nSPS) is 13.3. The summed E-state index contributed by atoms with van der Waals surface area (Å²) in [6.07, 6.45) is 0.961. The average molecular weight is 338 g/mol. The molecule has 0 unspecified atom stereocenters. The van der Waals surface area contributed by atoms with Crippen molar-refractivity contribution >= 4 is 29.2 Å². The highest BCUT2D eigenvalue weighted by Crippen LogP contribution is 2.27. The lowest BCUT2D eigenvalue weighted by atomic mass is 9.99. The lowest BCUT2D eigenvalue weighted by Gasteiger charge is -2.26. The Kier molecular flexibility index (Phi) is 4.52. The number of nitrogens with zero attached hydrogens (tertiary/aromatic N) is 1. The molecule has 0 saturated carbocycles. The minimum Gasteiger partial charge on any atom is -0.481 e. The summed E-state index contributed by atoms with van der Waals surface area (Å²) >= 11 is 0. The monoisotopic (exact) mass is 338 g/mol. The maximum atomic E-state index is 12.5. The van der Waals surface area contributed by atoms with Crippen LogP contribution in [0.3, 0.4) is 0 Å². The number of fused-ring (bicyclic) bond motifs is 1. The van der Waals surface area contributed by atoms with Crippen molar-refractivity contribution in [1.29, 1.82) is 0 Å². The van der Waals surface area contributed by atoms with Crippen LogP contribution in [-0.2, 0) is 22.4 Å². The van der Waals surface area contributed by atoms with Gasteiger partial charge in [0.05, 0.1) is 6.42 Å². The van der Waals surface area contributed by atoms with Crippen LogP contribution >= 0.6 is 0 Å². The van der Waals surface area contributed by atoms with Crippen LogP contribution in [0.5, 0.6) is 0 Å².